The number of aliphatic hydroxyl groups is 1. The maximum atomic E-state index is 13.1. The fourth-order valence-corrected chi connectivity index (χ4v) is 3.38. The van der Waals surface area contributed by atoms with Gasteiger partial charge in [-0.25, -0.2) is 9.59 Å². The summed E-state index contributed by atoms with van der Waals surface area (Å²) in [6, 6.07) is 8.35. The van der Waals surface area contributed by atoms with Crippen molar-refractivity contribution < 1.29 is 29.0 Å². The van der Waals surface area contributed by atoms with Gasteiger partial charge in [-0.2, -0.15) is 0 Å². The van der Waals surface area contributed by atoms with E-state index in [1.54, 1.807) is 27.7 Å². The van der Waals surface area contributed by atoms with E-state index < -0.39 is 41.8 Å². The predicted molar refractivity (Wildman–Crippen MR) is 110 cm³/mol. The van der Waals surface area contributed by atoms with Crippen LogP contribution in [0, 0.1) is 0 Å². The number of ether oxygens (including phenoxy) is 2. The minimum Gasteiger partial charge on any atom is -0.459 e. The molecule has 0 aromatic heterocycles. The molecule has 30 heavy (non-hydrogen) atoms. The van der Waals surface area contributed by atoms with Crippen molar-refractivity contribution in [3.8, 4) is 0 Å². The Bertz CT molecular complexity index is 746. The van der Waals surface area contributed by atoms with Crippen molar-refractivity contribution in [2.75, 3.05) is 13.2 Å². The number of esters is 1. The number of nitrogens with one attached hydrogen (secondary N) is 1. The molecular formula is C22H32N2O6. The molecule has 1 aliphatic rings. The molecule has 0 bridgehead atoms. The van der Waals surface area contributed by atoms with Crippen molar-refractivity contribution in [3.05, 3.63) is 35.9 Å². The Labute approximate surface area is 177 Å². The van der Waals surface area contributed by atoms with Crippen LogP contribution in [-0.4, -0.2) is 58.3 Å². The Kier molecular flexibility index (Phi) is 7.83. The maximum Gasteiger partial charge on any atom is 0.411 e. The van der Waals surface area contributed by atoms with Gasteiger partial charge in [0.05, 0.1) is 6.61 Å². The maximum absolute atomic E-state index is 13.1. The van der Waals surface area contributed by atoms with E-state index in [1.807, 2.05) is 30.3 Å². The van der Waals surface area contributed by atoms with Crippen LogP contribution < -0.4 is 5.32 Å². The lowest BCUT2D eigenvalue weighted by atomic mass is 9.95. The third kappa shape index (κ3) is 5.72. The molecule has 0 saturated carbocycles. The molecule has 0 spiro atoms. The average molecular weight is 421 g/mol. The summed E-state index contributed by atoms with van der Waals surface area (Å²) in [6.45, 7) is 6.78. The standard InChI is InChI=1S/C22H32N2O6/c1-5-17(18(26)29-14-16-10-7-6-8-11-16)23-19(27)22(15-25)12-9-13-24(22)20(28)30-21(2,3)4/h6-8,10-11,17,25H,5,9,12-15H2,1-4H3,(H,23,27)/t17-,22?/m0/s1. The first-order chi connectivity index (χ1) is 14.1. The van der Waals surface area contributed by atoms with E-state index in [0.29, 0.717) is 12.8 Å². The molecule has 1 heterocycles. The number of rotatable bonds is 7. The van der Waals surface area contributed by atoms with Crippen LogP contribution in [0.4, 0.5) is 4.79 Å². The van der Waals surface area contributed by atoms with Gasteiger partial charge in [0.15, 0.2) is 0 Å². The molecule has 166 valence electrons. The van der Waals surface area contributed by atoms with Crippen LogP contribution in [0.25, 0.3) is 0 Å². The lowest BCUT2D eigenvalue weighted by Crippen LogP contribution is -2.62. The Morgan fingerprint density at radius 2 is 1.90 bits per heavy atom. The van der Waals surface area contributed by atoms with Crippen LogP contribution in [0.3, 0.4) is 0 Å². The van der Waals surface area contributed by atoms with Crippen LogP contribution in [0.2, 0.25) is 0 Å². The molecule has 1 saturated heterocycles. The highest BCUT2D eigenvalue weighted by Gasteiger charge is 2.51. The number of carbonyl (C=O) groups excluding carboxylic acids is 3. The molecule has 2 amide bonds. The molecule has 2 atom stereocenters. The summed E-state index contributed by atoms with van der Waals surface area (Å²) in [4.78, 5) is 39.5. The van der Waals surface area contributed by atoms with Crippen LogP contribution in [-0.2, 0) is 25.7 Å². The molecule has 2 N–H and O–H groups in total. The van der Waals surface area contributed by atoms with E-state index in [0.717, 1.165) is 5.56 Å². The zero-order valence-electron chi connectivity index (χ0n) is 18.1. The van der Waals surface area contributed by atoms with E-state index in [2.05, 4.69) is 5.32 Å². The molecule has 1 aromatic carbocycles. The topological polar surface area (TPSA) is 105 Å². The van der Waals surface area contributed by atoms with E-state index in [9.17, 15) is 19.5 Å². The fourth-order valence-electron chi connectivity index (χ4n) is 3.38. The number of carbonyl (C=O) groups is 3. The molecule has 8 nitrogen and oxygen atoms in total. The summed E-state index contributed by atoms with van der Waals surface area (Å²) in [7, 11) is 0. The first-order valence-corrected chi connectivity index (χ1v) is 10.3. The highest BCUT2D eigenvalue weighted by molar-refractivity contribution is 5.93. The lowest BCUT2D eigenvalue weighted by molar-refractivity contribution is -0.151. The monoisotopic (exact) mass is 420 g/mol. The Hall–Kier alpha value is -2.61. The highest BCUT2D eigenvalue weighted by atomic mass is 16.6. The smallest absolute Gasteiger partial charge is 0.411 e. The minimum atomic E-state index is -1.46. The molecule has 8 heteroatoms. The van der Waals surface area contributed by atoms with Gasteiger partial charge in [0.2, 0.25) is 5.91 Å². The Morgan fingerprint density at radius 1 is 1.23 bits per heavy atom. The number of amides is 2. The predicted octanol–water partition coefficient (Wildman–Crippen LogP) is 2.39. The summed E-state index contributed by atoms with van der Waals surface area (Å²) in [6.07, 6.45) is 0.476. The molecule has 1 aromatic rings. The molecule has 1 aliphatic heterocycles. The second kappa shape index (κ2) is 9.93. The van der Waals surface area contributed by atoms with Crippen LogP contribution in [0.5, 0.6) is 0 Å². The highest BCUT2D eigenvalue weighted by Crippen LogP contribution is 2.31. The summed E-state index contributed by atoms with van der Waals surface area (Å²) < 4.78 is 10.7. The third-order valence-corrected chi connectivity index (χ3v) is 5.01. The van der Waals surface area contributed by atoms with Gasteiger partial charge in [-0.1, -0.05) is 37.3 Å². The molecular weight excluding hydrogens is 388 g/mol. The number of aliphatic hydroxyl groups excluding tert-OH is 1. The Morgan fingerprint density at radius 3 is 2.47 bits per heavy atom. The van der Waals surface area contributed by atoms with Gasteiger partial charge < -0.3 is 19.9 Å². The number of benzene rings is 1. The van der Waals surface area contributed by atoms with Gasteiger partial charge in [-0.05, 0) is 45.6 Å². The Balaban J connectivity index is 2.07. The van der Waals surface area contributed by atoms with Gasteiger partial charge in [-0.3, -0.25) is 9.69 Å². The van der Waals surface area contributed by atoms with Crippen molar-refractivity contribution in [1.29, 1.82) is 0 Å². The van der Waals surface area contributed by atoms with Gasteiger partial charge in [0.25, 0.3) is 0 Å². The number of likely N-dealkylation sites (tertiary alicyclic amines) is 1. The average Bonchev–Trinajstić information content (AvgIpc) is 3.15. The zero-order valence-corrected chi connectivity index (χ0v) is 18.1. The molecule has 0 radical (unpaired) electrons. The van der Waals surface area contributed by atoms with E-state index in [-0.39, 0.29) is 19.6 Å². The van der Waals surface area contributed by atoms with Gasteiger partial charge in [0, 0.05) is 6.54 Å². The number of hydrogen-bond acceptors (Lipinski definition) is 6. The van der Waals surface area contributed by atoms with Crippen molar-refractivity contribution in [1.82, 2.24) is 10.2 Å². The minimum absolute atomic E-state index is 0.0984. The first kappa shape index (κ1) is 23.7. The number of hydrogen-bond donors (Lipinski definition) is 2. The van der Waals surface area contributed by atoms with Crippen LogP contribution in [0.1, 0.15) is 52.5 Å². The number of nitrogens with zero attached hydrogens (tertiary/aromatic N) is 1. The fraction of sp³-hybridized carbons (Fsp3) is 0.591. The van der Waals surface area contributed by atoms with Gasteiger partial charge in [0.1, 0.15) is 23.8 Å². The SMILES string of the molecule is CC[C@H](NC(=O)C1(CO)CCCN1C(=O)OC(C)(C)C)C(=O)OCc1ccccc1. The van der Waals surface area contributed by atoms with E-state index in [4.69, 9.17) is 9.47 Å². The summed E-state index contributed by atoms with van der Waals surface area (Å²) in [5.41, 5.74) is -1.36. The van der Waals surface area contributed by atoms with Gasteiger partial charge >= 0.3 is 12.1 Å². The van der Waals surface area contributed by atoms with E-state index >= 15 is 0 Å². The largest absolute Gasteiger partial charge is 0.459 e. The molecule has 2 rings (SSSR count). The summed E-state index contributed by atoms with van der Waals surface area (Å²) >= 11 is 0. The second-order valence-electron chi connectivity index (χ2n) is 8.45. The molecule has 1 fully saturated rings. The third-order valence-electron chi connectivity index (χ3n) is 5.01. The van der Waals surface area contributed by atoms with Crippen molar-refractivity contribution in [2.24, 2.45) is 0 Å². The van der Waals surface area contributed by atoms with Crippen molar-refractivity contribution in [2.45, 2.75) is 70.7 Å². The lowest BCUT2D eigenvalue weighted by Gasteiger charge is -2.37. The van der Waals surface area contributed by atoms with Crippen LogP contribution in [0.15, 0.2) is 30.3 Å². The summed E-state index contributed by atoms with van der Waals surface area (Å²) in [5, 5.41) is 12.7. The molecule has 0 aliphatic carbocycles. The van der Waals surface area contributed by atoms with E-state index in [1.165, 1.54) is 4.90 Å². The van der Waals surface area contributed by atoms with Crippen molar-refractivity contribution >= 4 is 18.0 Å². The first-order valence-electron chi connectivity index (χ1n) is 10.3. The molecule has 1 unspecified atom stereocenters. The van der Waals surface area contributed by atoms with Crippen molar-refractivity contribution in [3.63, 3.8) is 0 Å². The zero-order chi connectivity index (χ0) is 22.4. The van der Waals surface area contributed by atoms with Crippen LogP contribution >= 0.6 is 0 Å². The summed E-state index contributed by atoms with van der Waals surface area (Å²) in [5.74, 6) is -1.15. The quantitative estimate of drug-likeness (QED) is 0.656. The van der Waals surface area contributed by atoms with Gasteiger partial charge in [-0.15, -0.1) is 0 Å². The normalized spacial score (nSPS) is 19.8. The second-order valence-corrected chi connectivity index (χ2v) is 8.45.